The number of hydrogen-bond acceptors (Lipinski definition) is 5. The maximum Gasteiger partial charge on any atom is 0.188 e. The van der Waals surface area contributed by atoms with Gasteiger partial charge in [-0.15, -0.1) is 0 Å². The van der Waals surface area contributed by atoms with Crippen molar-refractivity contribution in [2.24, 2.45) is 10.7 Å². The first kappa shape index (κ1) is 16.5. The van der Waals surface area contributed by atoms with Crippen LogP contribution in [0.4, 0.5) is 5.82 Å². The summed E-state index contributed by atoms with van der Waals surface area (Å²) in [7, 11) is 3.81. The second-order valence-electron chi connectivity index (χ2n) is 5.44. The van der Waals surface area contributed by atoms with E-state index >= 15 is 0 Å². The van der Waals surface area contributed by atoms with Crippen molar-refractivity contribution >= 4 is 11.8 Å². The summed E-state index contributed by atoms with van der Waals surface area (Å²) in [5.74, 6) is 1.47. The van der Waals surface area contributed by atoms with E-state index in [-0.39, 0.29) is 0 Å². The van der Waals surface area contributed by atoms with E-state index in [1.165, 1.54) is 0 Å². The van der Waals surface area contributed by atoms with E-state index in [1.54, 1.807) is 7.11 Å². The number of anilines is 1. The van der Waals surface area contributed by atoms with E-state index in [4.69, 9.17) is 10.5 Å². The van der Waals surface area contributed by atoms with Gasteiger partial charge < -0.3 is 25.6 Å². The second kappa shape index (κ2) is 8.55. The Hall–Kier alpha value is -1.86. The topological polar surface area (TPSA) is 79.0 Å². The third-order valence-electron chi connectivity index (χ3n) is 3.68. The minimum absolute atomic E-state index is 0.431. The van der Waals surface area contributed by atoms with Gasteiger partial charge in [0.2, 0.25) is 0 Å². The van der Waals surface area contributed by atoms with Crippen molar-refractivity contribution in [1.82, 2.24) is 15.2 Å². The zero-order chi connectivity index (χ0) is 15.8. The van der Waals surface area contributed by atoms with E-state index in [2.05, 4.69) is 44.3 Å². The van der Waals surface area contributed by atoms with Crippen LogP contribution in [0.5, 0.6) is 0 Å². The van der Waals surface area contributed by atoms with Gasteiger partial charge >= 0.3 is 0 Å². The zero-order valence-electron chi connectivity index (χ0n) is 13.5. The van der Waals surface area contributed by atoms with E-state index in [0.29, 0.717) is 25.7 Å². The molecular formula is C15H26N6O. The summed E-state index contributed by atoms with van der Waals surface area (Å²) in [5, 5.41) is 2.99. The molecule has 1 aromatic heterocycles. The van der Waals surface area contributed by atoms with Gasteiger partial charge in [0.25, 0.3) is 0 Å². The summed E-state index contributed by atoms with van der Waals surface area (Å²) in [6.07, 6.45) is 1.87. The monoisotopic (exact) mass is 306 g/mol. The second-order valence-corrected chi connectivity index (χ2v) is 5.44. The minimum Gasteiger partial charge on any atom is -0.383 e. The molecule has 0 aromatic carbocycles. The average Bonchev–Trinajstić information content (AvgIpc) is 2.54. The van der Waals surface area contributed by atoms with Gasteiger partial charge in [-0.05, 0) is 18.7 Å². The SMILES string of the molecule is COCCNC(N)=NCc1ccc(N2CCN(C)CC2)nc1. The molecule has 0 radical (unpaired) electrons. The molecule has 0 atom stereocenters. The van der Waals surface area contributed by atoms with Gasteiger partial charge in [0.05, 0.1) is 13.2 Å². The van der Waals surface area contributed by atoms with Crippen LogP contribution >= 0.6 is 0 Å². The molecule has 7 heteroatoms. The number of pyridine rings is 1. The number of nitrogens with one attached hydrogen (secondary N) is 1. The predicted octanol–water partition coefficient (Wildman–Crippen LogP) is -0.116. The molecule has 7 nitrogen and oxygen atoms in total. The summed E-state index contributed by atoms with van der Waals surface area (Å²) in [5.41, 5.74) is 6.82. The van der Waals surface area contributed by atoms with Crippen molar-refractivity contribution < 1.29 is 4.74 Å². The highest BCUT2D eigenvalue weighted by Gasteiger charge is 2.14. The van der Waals surface area contributed by atoms with Crippen molar-refractivity contribution in [3.05, 3.63) is 23.9 Å². The number of methoxy groups -OCH3 is 1. The quantitative estimate of drug-likeness (QED) is 0.433. The van der Waals surface area contributed by atoms with Crippen LogP contribution in [0.1, 0.15) is 5.56 Å². The van der Waals surface area contributed by atoms with E-state index in [0.717, 1.165) is 37.6 Å². The molecule has 1 fully saturated rings. The zero-order valence-corrected chi connectivity index (χ0v) is 13.5. The van der Waals surface area contributed by atoms with Crippen LogP contribution in [0.25, 0.3) is 0 Å². The normalized spacial score (nSPS) is 16.8. The van der Waals surface area contributed by atoms with E-state index in [1.807, 2.05) is 6.20 Å². The van der Waals surface area contributed by atoms with Crippen molar-refractivity contribution in [2.45, 2.75) is 6.54 Å². The Bertz CT molecular complexity index is 467. The fourth-order valence-electron chi connectivity index (χ4n) is 2.25. The van der Waals surface area contributed by atoms with Gasteiger partial charge in [-0.1, -0.05) is 6.07 Å². The molecule has 1 saturated heterocycles. The summed E-state index contributed by atoms with van der Waals surface area (Å²) < 4.78 is 4.94. The molecular weight excluding hydrogens is 280 g/mol. The molecule has 1 aromatic rings. The number of piperazine rings is 1. The van der Waals surface area contributed by atoms with E-state index in [9.17, 15) is 0 Å². The van der Waals surface area contributed by atoms with Crippen LogP contribution in [-0.2, 0) is 11.3 Å². The van der Waals surface area contributed by atoms with Gasteiger partial charge in [0, 0.05) is 46.0 Å². The first-order valence-electron chi connectivity index (χ1n) is 7.60. The fraction of sp³-hybridized carbons (Fsp3) is 0.600. The Morgan fingerprint density at radius 1 is 1.36 bits per heavy atom. The molecule has 0 amide bonds. The Morgan fingerprint density at radius 3 is 2.77 bits per heavy atom. The standard InChI is InChI=1S/C15H26N6O/c1-20-6-8-21(9-7-20)14-4-3-13(11-18-14)12-19-15(16)17-5-10-22-2/h3-4,11H,5-10,12H2,1-2H3,(H3,16,17,19). The van der Waals surface area contributed by atoms with Gasteiger partial charge in [-0.3, -0.25) is 0 Å². The largest absolute Gasteiger partial charge is 0.383 e. The fourth-order valence-corrected chi connectivity index (χ4v) is 2.25. The number of hydrogen-bond donors (Lipinski definition) is 2. The number of aliphatic imine (C=N–C) groups is 1. The molecule has 122 valence electrons. The van der Waals surface area contributed by atoms with Crippen molar-refractivity contribution in [1.29, 1.82) is 0 Å². The first-order valence-corrected chi connectivity index (χ1v) is 7.60. The summed E-state index contributed by atoms with van der Waals surface area (Å²) in [4.78, 5) is 13.5. The smallest absolute Gasteiger partial charge is 0.188 e. The lowest BCUT2D eigenvalue weighted by molar-refractivity contribution is 0.204. The highest BCUT2D eigenvalue weighted by atomic mass is 16.5. The van der Waals surface area contributed by atoms with Crippen molar-refractivity contribution in [2.75, 3.05) is 58.4 Å². The molecule has 22 heavy (non-hydrogen) atoms. The van der Waals surface area contributed by atoms with Crippen molar-refractivity contribution in [3.63, 3.8) is 0 Å². The number of ether oxygens (including phenoxy) is 1. The maximum absolute atomic E-state index is 5.77. The molecule has 0 bridgehead atoms. The van der Waals surface area contributed by atoms with Gasteiger partial charge in [-0.25, -0.2) is 9.98 Å². The number of aromatic nitrogens is 1. The van der Waals surface area contributed by atoms with Gasteiger partial charge in [0.15, 0.2) is 5.96 Å². The average molecular weight is 306 g/mol. The van der Waals surface area contributed by atoms with Crippen LogP contribution in [0.3, 0.4) is 0 Å². The van der Waals surface area contributed by atoms with Crippen LogP contribution < -0.4 is 16.0 Å². The number of nitrogens with zero attached hydrogens (tertiary/aromatic N) is 4. The molecule has 0 saturated carbocycles. The van der Waals surface area contributed by atoms with Crippen LogP contribution in [-0.4, -0.2) is 69.3 Å². The van der Waals surface area contributed by atoms with Crippen molar-refractivity contribution in [3.8, 4) is 0 Å². The van der Waals surface area contributed by atoms with Gasteiger partial charge in [0.1, 0.15) is 5.82 Å². The Balaban J connectivity index is 1.82. The third kappa shape index (κ3) is 5.16. The molecule has 0 spiro atoms. The molecule has 3 N–H and O–H groups in total. The molecule has 0 aliphatic carbocycles. The minimum atomic E-state index is 0.431. The lowest BCUT2D eigenvalue weighted by Crippen LogP contribution is -2.44. The summed E-state index contributed by atoms with van der Waals surface area (Å²) in [6, 6.07) is 4.12. The number of nitrogens with two attached hydrogens (primary N) is 1. The maximum atomic E-state index is 5.77. The molecule has 2 rings (SSSR count). The van der Waals surface area contributed by atoms with E-state index < -0.39 is 0 Å². The lowest BCUT2D eigenvalue weighted by atomic mass is 10.2. The number of rotatable bonds is 6. The third-order valence-corrected chi connectivity index (χ3v) is 3.68. The Kier molecular flexibility index (Phi) is 6.42. The summed E-state index contributed by atoms with van der Waals surface area (Å²) in [6.45, 7) is 6.01. The molecule has 0 unspecified atom stereocenters. The summed E-state index contributed by atoms with van der Waals surface area (Å²) >= 11 is 0. The molecule has 1 aliphatic rings. The van der Waals surface area contributed by atoms with Crippen LogP contribution in [0.2, 0.25) is 0 Å². The van der Waals surface area contributed by atoms with Gasteiger partial charge in [-0.2, -0.15) is 0 Å². The Morgan fingerprint density at radius 2 is 2.14 bits per heavy atom. The molecule has 1 aliphatic heterocycles. The molecule has 2 heterocycles. The Labute approximate surface area is 132 Å². The highest BCUT2D eigenvalue weighted by molar-refractivity contribution is 5.77. The highest BCUT2D eigenvalue weighted by Crippen LogP contribution is 2.13. The lowest BCUT2D eigenvalue weighted by Gasteiger charge is -2.33. The number of guanidine groups is 1. The first-order chi connectivity index (χ1) is 10.7. The van der Waals surface area contributed by atoms with Crippen LogP contribution in [0, 0.1) is 0 Å². The predicted molar refractivity (Wildman–Crippen MR) is 89.2 cm³/mol. The number of likely N-dealkylation sites (N-methyl/N-ethyl adjacent to an activating group) is 1. The van der Waals surface area contributed by atoms with Crippen LogP contribution in [0.15, 0.2) is 23.3 Å².